The van der Waals surface area contributed by atoms with Crippen molar-refractivity contribution in [2.24, 2.45) is 11.7 Å². The molecule has 90 valence electrons. The molecule has 0 spiro atoms. The Labute approximate surface area is 96.6 Å². The lowest BCUT2D eigenvalue weighted by Crippen LogP contribution is -2.59. The molecule has 0 bridgehead atoms. The molecule has 1 aliphatic heterocycles. The molecule has 1 atom stereocenters. The lowest BCUT2D eigenvalue weighted by atomic mass is 9.90. The molecule has 0 radical (unpaired) electrons. The van der Waals surface area contributed by atoms with Crippen LogP contribution in [0, 0.1) is 17.2 Å². The van der Waals surface area contributed by atoms with Crippen molar-refractivity contribution in [3.05, 3.63) is 0 Å². The van der Waals surface area contributed by atoms with Gasteiger partial charge < -0.3 is 11.1 Å². The van der Waals surface area contributed by atoms with Crippen molar-refractivity contribution in [1.82, 2.24) is 10.2 Å². The standard InChI is InChI=1S/C11H20N4O/c1-8(2)11(3,7-12)14-10(16)6-15-4-9(13)5-15/h8-9H,4-6,13H2,1-3H3,(H,14,16). The SMILES string of the molecule is CC(C)C(C)(C#N)NC(=O)CN1CC(N)C1. The number of rotatable bonds is 4. The number of amides is 1. The summed E-state index contributed by atoms with van der Waals surface area (Å²) in [6.07, 6.45) is 0. The van der Waals surface area contributed by atoms with Crippen LogP contribution in [-0.2, 0) is 4.79 Å². The summed E-state index contributed by atoms with van der Waals surface area (Å²) >= 11 is 0. The van der Waals surface area contributed by atoms with E-state index in [1.54, 1.807) is 6.92 Å². The van der Waals surface area contributed by atoms with Crippen molar-refractivity contribution < 1.29 is 4.79 Å². The fourth-order valence-electron chi connectivity index (χ4n) is 1.57. The number of carbonyl (C=O) groups is 1. The monoisotopic (exact) mass is 224 g/mol. The molecule has 1 fully saturated rings. The number of carbonyl (C=O) groups excluding carboxylic acids is 1. The summed E-state index contributed by atoms with van der Waals surface area (Å²) < 4.78 is 0. The molecule has 16 heavy (non-hydrogen) atoms. The van der Waals surface area contributed by atoms with Crippen LogP contribution in [0.15, 0.2) is 0 Å². The molecule has 0 saturated carbocycles. The summed E-state index contributed by atoms with van der Waals surface area (Å²) in [5.41, 5.74) is 4.83. The third-order valence-corrected chi connectivity index (χ3v) is 3.14. The predicted octanol–water partition coefficient (Wildman–Crippen LogP) is -0.316. The highest BCUT2D eigenvalue weighted by Gasteiger charge is 2.32. The molecule has 0 aromatic heterocycles. The maximum absolute atomic E-state index is 11.7. The van der Waals surface area contributed by atoms with Gasteiger partial charge in [0.05, 0.1) is 12.6 Å². The first-order chi connectivity index (χ1) is 7.37. The lowest BCUT2D eigenvalue weighted by Gasteiger charge is -2.37. The number of likely N-dealkylation sites (tertiary alicyclic amines) is 1. The van der Waals surface area contributed by atoms with E-state index < -0.39 is 5.54 Å². The number of hydrogen-bond acceptors (Lipinski definition) is 4. The average Bonchev–Trinajstić information content (AvgIpc) is 2.14. The van der Waals surface area contributed by atoms with Crippen molar-refractivity contribution in [3.63, 3.8) is 0 Å². The number of nitrogens with zero attached hydrogens (tertiary/aromatic N) is 2. The van der Waals surface area contributed by atoms with Crippen LogP contribution >= 0.6 is 0 Å². The van der Waals surface area contributed by atoms with Gasteiger partial charge in [-0.1, -0.05) is 13.8 Å². The molecule has 1 rings (SSSR count). The predicted molar refractivity (Wildman–Crippen MR) is 61.4 cm³/mol. The lowest BCUT2D eigenvalue weighted by molar-refractivity contribution is -0.124. The van der Waals surface area contributed by atoms with E-state index in [-0.39, 0.29) is 17.9 Å². The number of nitrogens with one attached hydrogen (secondary N) is 1. The molecule has 0 aromatic carbocycles. The fraction of sp³-hybridized carbons (Fsp3) is 0.818. The highest BCUT2D eigenvalue weighted by atomic mass is 16.2. The first-order valence-electron chi connectivity index (χ1n) is 5.57. The van der Waals surface area contributed by atoms with Gasteiger partial charge in [-0.2, -0.15) is 5.26 Å². The summed E-state index contributed by atoms with van der Waals surface area (Å²) in [7, 11) is 0. The Morgan fingerprint density at radius 2 is 2.25 bits per heavy atom. The van der Waals surface area contributed by atoms with E-state index in [9.17, 15) is 4.79 Å². The fourth-order valence-corrected chi connectivity index (χ4v) is 1.57. The zero-order valence-corrected chi connectivity index (χ0v) is 10.2. The van der Waals surface area contributed by atoms with Crippen LogP contribution in [0.1, 0.15) is 20.8 Å². The van der Waals surface area contributed by atoms with Gasteiger partial charge in [-0.15, -0.1) is 0 Å². The second kappa shape index (κ2) is 4.81. The summed E-state index contributed by atoms with van der Waals surface area (Å²) in [4.78, 5) is 13.7. The Hall–Kier alpha value is -1.12. The van der Waals surface area contributed by atoms with E-state index in [0.29, 0.717) is 6.54 Å². The van der Waals surface area contributed by atoms with Gasteiger partial charge in [-0.3, -0.25) is 9.69 Å². The molecule has 1 heterocycles. The van der Waals surface area contributed by atoms with E-state index in [1.807, 2.05) is 18.7 Å². The van der Waals surface area contributed by atoms with Crippen LogP contribution in [0.4, 0.5) is 0 Å². The summed E-state index contributed by atoms with van der Waals surface area (Å²) in [6.45, 7) is 7.44. The minimum Gasteiger partial charge on any atom is -0.337 e. The molecular formula is C11H20N4O. The number of nitrogens with two attached hydrogens (primary N) is 1. The third kappa shape index (κ3) is 2.94. The Morgan fingerprint density at radius 1 is 1.69 bits per heavy atom. The smallest absolute Gasteiger partial charge is 0.235 e. The second-order valence-electron chi connectivity index (χ2n) is 4.97. The van der Waals surface area contributed by atoms with Crippen LogP contribution in [0.25, 0.3) is 0 Å². The van der Waals surface area contributed by atoms with E-state index in [2.05, 4.69) is 11.4 Å². The highest BCUT2D eigenvalue weighted by Crippen LogP contribution is 2.15. The first kappa shape index (κ1) is 12.9. The highest BCUT2D eigenvalue weighted by molar-refractivity contribution is 5.79. The summed E-state index contributed by atoms with van der Waals surface area (Å²) in [5.74, 6) is -0.0234. The maximum atomic E-state index is 11.7. The largest absolute Gasteiger partial charge is 0.337 e. The van der Waals surface area contributed by atoms with E-state index >= 15 is 0 Å². The molecule has 1 aliphatic rings. The summed E-state index contributed by atoms with van der Waals surface area (Å²) in [6, 6.07) is 2.35. The first-order valence-corrected chi connectivity index (χ1v) is 5.57. The molecule has 3 N–H and O–H groups in total. The molecule has 0 aliphatic carbocycles. The average molecular weight is 224 g/mol. The van der Waals surface area contributed by atoms with Crippen LogP contribution in [0.2, 0.25) is 0 Å². The molecule has 1 amide bonds. The quantitative estimate of drug-likeness (QED) is 0.686. The topological polar surface area (TPSA) is 82.2 Å². The molecular weight excluding hydrogens is 204 g/mol. The molecule has 0 aromatic rings. The third-order valence-electron chi connectivity index (χ3n) is 3.14. The minimum absolute atomic E-state index is 0.0834. The van der Waals surface area contributed by atoms with Gasteiger partial charge in [0.15, 0.2) is 0 Å². The minimum atomic E-state index is -0.788. The Bertz CT molecular complexity index is 304. The maximum Gasteiger partial charge on any atom is 0.235 e. The van der Waals surface area contributed by atoms with Gasteiger partial charge in [-0.25, -0.2) is 0 Å². The second-order valence-corrected chi connectivity index (χ2v) is 4.97. The normalized spacial score (nSPS) is 21.0. The van der Waals surface area contributed by atoms with Crippen molar-refractivity contribution in [2.45, 2.75) is 32.4 Å². The van der Waals surface area contributed by atoms with Gasteiger partial charge in [0.1, 0.15) is 5.54 Å². The molecule has 5 nitrogen and oxygen atoms in total. The van der Waals surface area contributed by atoms with Gasteiger partial charge in [0.2, 0.25) is 5.91 Å². The van der Waals surface area contributed by atoms with Crippen molar-refractivity contribution >= 4 is 5.91 Å². The zero-order valence-electron chi connectivity index (χ0n) is 10.2. The van der Waals surface area contributed by atoms with Gasteiger partial charge in [0.25, 0.3) is 0 Å². The van der Waals surface area contributed by atoms with E-state index in [0.717, 1.165) is 13.1 Å². The Kier molecular flexibility index (Phi) is 3.89. The van der Waals surface area contributed by atoms with Gasteiger partial charge >= 0.3 is 0 Å². The van der Waals surface area contributed by atoms with Crippen LogP contribution in [0.5, 0.6) is 0 Å². The Morgan fingerprint density at radius 3 is 2.62 bits per heavy atom. The molecule has 1 unspecified atom stereocenters. The van der Waals surface area contributed by atoms with Crippen LogP contribution in [-0.4, -0.2) is 42.0 Å². The van der Waals surface area contributed by atoms with Crippen LogP contribution < -0.4 is 11.1 Å². The van der Waals surface area contributed by atoms with E-state index in [1.165, 1.54) is 0 Å². The van der Waals surface area contributed by atoms with Crippen molar-refractivity contribution in [2.75, 3.05) is 19.6 Å². The van der Waals surface area contributed by atoms with Crippen molar-refractivity contribution in [1.29, 1.82) is 5.26 Å². The van der Waals surface area contributed by atoms with Gasteiger partial charge in [0, 0.05) is 19.1 Å². The van der Waals surface area contributed by atoms with E-state index in [4.69, 9.17) is 11.0 Å². The summed E-state index contributed by atoms with van der Waals surface area (Å²) in [5, 5.41) is 11.8. The Balaban J connectivity index is 2.41. The van der Waals surface area contributed by atoms with Crippen molar-refractivity contribution in [3.8, 4) is 6.07 Å². The molecule has 5 heteroatoms. The van der Waals surface area contributed by atoms with Gasteiger partial charge in [-0.05, 0) is 12.8 Å². The molecule has 1 saturated heterocycles. The van der Waals surface area contributed by atoms with Crippen LogP contribution in [0.3, 0.4) is 0 Å². The number of hydrogen-bond donors (Lipinski definition) is 2. The number of nitriles is 1. The zero-order chi connectivity index (χ0) is 12.3.